The summed E-state index contributed by atoms with van der Waals surface area (Å²) in [5.74, 6) is -0.157. The van der Waals surface area contributed by atoms with Gasteiger partial charge in [0.05, 0.1) is 0 Å². The van der Waals surface area contributed by atoms with Crippen LogP contribution in [0.25, 0.3) is 6.08 Å². The van der Waals surface area contributed by atoms with Crippen molar-refractivity contribution in [2.75, 3.05) is 13.1 Å². The number of piperidine rings is 1. The summed E-state index contributed by atoms with van der Waals surface area (Å²) in [6.45, 7) is 2.01. The zero-order valence-electron chi connectivity index (χ0n) is 8.39. The van der Waals surface area contributed by atoms with Crippen molar-refractivity contribution in [1.29, 1.82) is 0 Å². The van der Waals surface area contributed by atoms with E-state index in [1.54, 1.807) is 0 Å². The molecule has 80 valence electrons. The van der Waals surface area contributed by atoms with Gasteiger partial charge in [0.15, 0.2) is 0 Å². The molecule has 0 atom stereocenters. The van der Waals surface area contributed by atoms with Gasteiger partial charge in [0.1, 0.15) is 5.82 Å². The molecule has 15 heavy (non-hydrogen) atoms. The van der Waals surface area contributed by atoms with Crippen LogP contribution < -0.4 is 5.32 Å². The van der Waals surface area contributed by atoms with Crippen LogP contribution in [-0.2, 0) is 0 Å². The van der Waals surface area contributed by atoms with E-state index in [9.17, 15) is 4.39 Å². The molecule has 1 nitrogen and oxygen atoms in total. The lowest BCUT2D eigenvalue weighted by Crippen LogP contribution is -2.22. The zero-order chi connectivity index (χ0) is 10.7. The van der Waals surface area contributed by atoms with Gasteiger partial charge in [-0.05, 0) is 38.1 Å². The van der Waals surface area contributed by atoms with Gasteiger partial charge in [-0.15, -0.1) is 0 Å². The lowest BCUT2D eigenvalue weighted by Gasteiger charge is -2.15. The summed E-state index contributed by atoms with van der Waals surface area (Å²) in [6, 6.07) is 5.19. The van der Waals surface area contributed by atoms with Gasteiger partial charge in [0.2, 0.25) is 0 Å². The molecule has 0 spiro atoms. The average Bonchev–Trinajstić information content (AvgIpc) is 2.24. The molecule has 0 bridgehead atoms. The van der Waals surface area contributed by atoms with E-state index in [4.69, 9.17) is 0 Å². The smallest absolute Gasteiger partial charge is 0.131 e. The van der Waals surface area contributed by atoms with Crippen molar-refractivity contribution < 1.29 is 4.39 Å². The Bertz CT molecular complexity index is 379. The van der Waals surface area contributed by atoms with E-state index in [2.05, 4.69) is 21.2 Å². The highest BCUT2D eigenvalue weighted by Gasteiger charge is 2.06. The van der Waals surface area contributed by atoms with Crippen molar-refractivity contribution in [2.24, 2.45) is 0 Å². The van der Waals surface area contributed by atoms with Gasteiger partial charge in [-0.1, -0.05) is 33.6 Å². The number of benzene rings is 1. The average molecular weight is 270 g/mol. The molecule has 0 radical (unpaired) electrons. The summed E-state index contributed by atoms with van der Waals surface area (Å²) in [6.07, 6.45) is 4.02. The first-order valence-corrected chi connectivity index (χ1v) is 5.90. The van der Waals surface area contributed by atoms with E-state index in [1.807, 2.05) is 18.2 Å². The highest BCUT2D eigenvalue weighted by Crippen LogP contribution is 2.20. The van der Waals surface area contributed by atoms with Gasteiger partial charge in [0, 0.05) is 10.0 Å². The molecule has 3 heteroatoms. The highest BCUT2D eigenvalue weighted by molar-refractivity contribution is 9.10. The third-order valence-corrected chi connectivity index (χ3v) is 3.06. The monoisotopic (exact) mass is 269 g/mol. The molecule has 1 aromatic rings. The van der Waals surface area contributed by atoms with Gasteiger partial charge in [-0.2, -0.15) is 0 Å². The standard InChI is InChI=1S/C12H13BrFN/c13-11-2-1-10(12(14)8-11)7-9-3-5-15-6-4-9/h1-2,7-8,15H,3-6H2. The Hall–Kier alpha value is -0.670. The first-order valence-electron chi connectivity index (χ1n) is 5.11. The molecule has 0 saturated carbocycles. The molecule has 1 fully saturated rings. The Labute approximate surface area is 97.5 Å². The van der Waals surface area contributed by atoms with Gasteiger partial charge in [-0.3, -0.25) is 0 Å². The van der Waals surface area contributed by atoms with E-state index in [0.717, 1.165) is 30.4 Å². The van der Waals surface area contributed by atoms with Crippen LogP contribution in [0.3, 0.4) is 0 Å². The van der Waals surface area contributed by atoms with Crippen LogP contribution in [0.1, 0.15) is 18.4 Å². The number of halogens is 2. The highest BCUT2D eigenvalue weighted by atomic mass is 79.9. The van der Waals surface area contributed by atoms with E-state index < -0.39 is 0 Å². The molecular weight excluding hydrogens is 257 g/mol. The first kappa shape index (κ1) is 10.8. The predicted molar refractivity (Wildman–Crippen MR) is 64.2 cm³/mol. The SMILES string of the molecule is Fc1cc(Br)ccc1C=C1CCNCC1. The van der Waals surface area contributed by atoms with Gasteiger partial charge < -0.3 is 5.32 Å². The van der Waals surface area contributed by atoms with Crippen LogP contribution in [0.15, 0.2) is 28.2 Å². The second-order valence-electron chi connectivity index (χ2n) is 3.72. The summed E-state index contributed by atoms with van der Waals surface area (Å²) in [4.78, 5) is 0. The van der Waals surface area contributed by atoms with Crippen molar-refractivity contribution in [3.63, 3.8) is 0 Å². The minimum Gasteiger partial charge on any atom is -0.316 e. The summed E-state index contributed by atoms with van der Waals surface area (Å²) in [5, 5.41) is 3.28. The molecule has 2 rings (SSSR count). The normalized spacial score (nSPS) is 16.5. The molecule has 1 saturated heterocycles. The minimum atomic E-state index is -0.157. The molecule has 1 aliphatic rings. The molecule has 1 heterocycles. The van der Waals surface area contributed by atoms with Crippen molar-refractivity contribution in [3.05, 3.63) is 39.6 Å². The number of rotatable bonds is 1. The Morgan fingerprint density at radius 2 is 2.00 bits per heavy atom. The molecular formula is C12H13BrFN. The summed E-state index contributed by atoms with van der Waals surface area (Å²) in [5.41, 5.74) is 2.02. The number of hydrogen-bond donors (Lipinski definition) is 1. The first-order chi connectivity index (χ1) is 7.25. The largest absolute Gasteiger partial charge is 0.316 e. The summed E-state index contributed by atoms with van der Waals surface area (Å²) >= 11 is 3.25. The quantitative estimate of drug-likeness (QED) is 0.825. The van der Waals surface area contributed by atoms with Crippen molar-refractivity contribution in [2.45, 2.75) is 12.8 Å². The van der Waals surface area contributed by atoms with Crippen LogP contribution >= 0.6 is 15.9 Å². The third kappa shape index (κ3) is 2.89. The van der Waals surface area contributed by atoms with Gasteiger partial charge in [-0.25, -0.2) is 4.39 Å². The second-order valence-corrected chi connectivity index (χ2v) is 4.63. The maximum atomic E-state index is 13.5. The van der Waals surface area contributed by atoms with Gasteiger partial charge >= 0.3 is 0 Å². The predicted octanol–water partition coefficient (Wildman–Crippen LogP) is 3.36. The lowest BCUT2D eigenvalue weighted by atomic mass is 10.0. The third-order valence-electron chi connectivity index (χ3n) is 2.57. The van der Waals surface area contributed by atoms with Crippen LogP contribution in [-0.4, -0.2) is 13.1 Å². The summed E-state index contributed by atoms with van der Waals surface area (Å²) in [7, 11) is 0. The summed E-state index contributed by atoms with van der Waals surface area (Å²) < 4.78 is 14.3. The topological polar surface area (TPSA) is 12.0 Å². The number of nitrogens with one attached hydrogen (secondary N) is 1. The maximum absolute atomic E-state index is 13.5. The molecule has 0 unspecified atom stereocenters. The second kappa shape index (κ2) is 4.90. The molecule has 0 aromatic heterocycles. The van der Waals surface area contributed by atoms with E-state index >= 15 is 0 Å². The van der Waals surface area contributed by atoms with Crippen LogP contribution in [0.2, 0.25) is 0 Å². The lowest BCUT2D eigenvalue weighted by molar-refractivity contribution is 0.609. The van der Waals surface area contributed by atoms with Crippen molar-refractivity contribution in [3.8, 4) is 0 Å². The molecule has 0 amide bonds. The van der Waals surface area contributed by atoms with Crippen LogP contribution in [0, 0.1) is 5.82 Å². The Morgan fingerprint density at radius 3 is 2.67 bits per heavy atom. The Kier molecular flexibility index (Phi) is 3.54. The van der Waals surface area contributed by atoms with E-state index in [1.165, 1.54) is 11.6 Å². The molecule has 1 aromatic carbocycles. The zero-order valence-corrected chi connectivity index (χ0v) is 9.98. The van der Waals surface area contributed by atoms with Crippen molar-refractivity contribution >= 4 is 22.0 Å². The fraction of sp³-hybridized carbons (Fsp3) is 0.333. The molecule has 1 aliphatic heterocycles. The maximum Gasteiger partial charge on any atom is 0.131 e. The van der Waals surface area contributed by atoms with Crippen LogP contribution in [0.5, 0.6) is 0 Å². The fourth-order valence-corrected chi connectivity index (χ4v) is 2.06. The van der Waals surface area contributed by atoms with E-state index in [-0.39, 0.29) is 5.82 Å². The number of hydrogen-bond acceptors (Lipinski definition) is 1. The minimum absolute atomic E-state index is 0.157. The molecule has 1 N–H and O–H groups in total. The molecule has 0 aliphatic carbocycles. The fourth-order valence-electron chi connectivity index (χ4n) is 1.73. The van der Waals surface area contributed by atoms with E-state index in [0.29, 0.717) is 5.56 Å². The van der Waals surface area contributed by atoms with Crippen LogP contribution in [0.4, 0.5) is 4.39 Å². The Balaban J connectivity index is 2.22. The van der Waals surface area contributed by atoms with Crippen molar-refractivity contribution in [1.82, 2.24) is 5.32 Å². The van der Waals surface area contributed by atoms with Gasteiger partial charge in [0.25, 0.3) is 0 Å². The Morgan fingerprint density at radius 1 is 1.27 bits per heavy atom.